The number of nitrogens with zero attached hydrogens (tertiary/aromatic N) is 2. The van der Waals surface area contributed by atoms with Crippen LogP contribution in [0.1, 0.15) is 27.1 Å². The first-order chi connectivity index (χ1) is 19.9. The minimum atomic E-state index is -0.676. The number of Topliss-reactive ketones (excluding diaryl/α,β-unsaturated/α-hetero) is 1. The molecule has 0 N–H and O–H groups in total. The fourth-order valence-electron chi connectivity index (χ4n) is 6.37. The summed E-state index contributed by atoms with van der Waals surface area (Å²) in [5.74, 6) is -1.53. The number of hydrogen-bond acceptors (Lipinski definition) is 6. The summed E-state index contributed by atoms with van der Waals surface area (Å²) in [6.45, 7) is -0.408. The lowest BCUT2D eigenvalue weighted by atomic mass is 9.85. The van der Waals surface area contributed by atoms with Crippen molar-refractivity contribution < 1.29 is 23.9 Å². The standard InChI is InChI=1S/C33H23ClN2O5/c34-22-10-13-26-24(15-22)25(33(40)41-17-28(37)19-4-2-1-3-5-19)16-27(35-26)18-8-11-23(12-9-18)36-31(38)29-20-6-7-21(14-20)30(29)32(36)39/h1-13,15-16,20-21,29-30H,14,17H2. The highest BCUT2D eigenvalue weighted by molar-refractivity contribution is 6.31. The second-order valence-corrected chi connectivity index (χ2v) is 11.1. The van der Waals surface area contributed by atoms with Crippen molar-refractivity contribution in [1.82, 2.24) is 4.98 Å². The van der Waals surface area contributed by atoms with Gasteiger partial charge in [-0.15, -0.1) is 0 Å². The van der Waals surface area contributed by atoms with Gasteiger partial charge in [-0.3, -0.25) is 19.3 Å². The van der Waals surface area contributed by atoms with E-state index in [4.69, 9.17) is 21.3 Å². The van der Waals surface area contributed by atoms with Crippen molar-refractivity contribution in [3.8, 4) is 11.3 Å². The predicted octanol–water partition coefficient (Wildman–Crippen LogP) is 5.91. The van der Waals surface area contributed by atoms with E-state index < -0.39 is 12.6 Å². The number of anilines is 1. The summed E-state index contributed by atoms with van der Waals surface area (Å²) in [5, 5.41) is 0.928. The van der Waals surface area contributed by atoms with Gasteiger partial charge in [0, 0.05) is 21.5 Å². The van der Waals surface area contributed by atoms with Crippen molar-refractivity contribution in [2.24, 2.45) is 23.7 Å². The molecular formula is C33H23ClN2O5. The molecule has 2 aliphatic carbocycles. The SMILES string of the molecule is O=C(COC(=O)c1cc(-c2ccc(N3C(=O)C4C5C=CC(C5)C4C3=O)cc2)nc2ccc(Cl)cc12)c1ccccc1. The molecule has 2 bridgehead atoms. The van der Waals surface area contributed by atoms with Crippen molar-refractivity contribution in [2.45, 2.75) is 6.42 Å². The molecule has 7 rings (SSSR count). The monoisotopic (exact) mass is 562 g/mol. The minimum absolute atomic E-state index is 0.139. The number of esters is 1. The normalized spacial score (nSPS) is 22.4. The fourth-order valence-corrected chi connectivity index (χ4v) is 6.54. The number of carbonyl (C=O) groups is 4. The largest absolute Gasteiger partial charge is 0.454 e. The molecule has 4 aromatic rings. The number of benzene rings is 3. The second-order valence-electron chi connectivity index (χ2n) is 10.6. The molecule has 8 heteroatoms. The van der Waals surface area contributed by atoms with E-state index in [0.717, 1.165) is 6.42 Å². The van der Waals surface area contributed by atoms with Gasteiger partial charge < -0.3 is 4.74 Å². The number of rotatable bonds is 6. The maximum absolute atomic E-state index is 13.2. The molecule has 4 atom stereocenters. The van der Waals surface area contributed by atoms with Gasteiger partial charge in [-0.25, -0.2) is 9.78 Å². The second kappa shape index (κ2) is 9.78. The van der Waals surface area contributed by atoms with Crippen molar-refractivity contribution in [1.29, 1.82) is 0 Å². The number of allylic oxidation sites excluding steroid dienone is 2. The molecule has 1 aliphatic heterocycles. The number of fused-ring (bicyclic) bond motifs is 6. The molecule has 7 nitrogen and oxygen atoms in total. The Morgan fingerprint density at radius 1 is 0.878 bits per heavy atom. The molecular weight excluding hydrogens is 540 g/mol. The lowest BCUT2D eigenvalue weighted by Gasteiger charge is -2.17. The zero-order valence-electron chi connectivity index (χ0n) is 21.7. The van der Waals surface area contributed by atoms with Crippen molar-refractivity contribution in [2.75, 3.05) is 11.5 Å². The van der Waals surface area contributed by atoms with E-state index in [9.17, 15) is 19.2 Å². The summed E-state index contributed by atoms with van der Waals surface area (Å²) in [4.78, 5) is 58.2. The van der Waals surface area contributed by atoms with Gasteiger partial charge in [-0.1, -0.05) is 66.2 Å². The van der Waals surface area contributed by atoms with E-state index in [1.165, 1.54) is 4.90 Å². The summed E-state index contributed by atoms with van der Waals surface area (Å²) >= 11 is 6.22. The average molecular weight is 563 g/mol. The third-order valence-corrected chi connectivity index (χ3v) is 8.55. The molecule has 2 heterocycles. The highest BCUT2D eigenvalue weighted by atomic mass is 35.5. The van der Waals surface area contributed by atoms with E-state index >= 15 is 0 Å². The summed E-state index contributed by atoms with van der Waals surface area (Å²) in [5.41, 5.74) is 2.89. The number of ether oxygens (including phenoxy) is 1. The number of halogens is 1. The Labute approximate surface area is 240 Å². The smallest absolute Gasteiger partial charge is 0.339 e. The molecule has 2 amide bonds. The van der Waals surface area contributed by atoms with Crippen LogP contribution in [0.4, 0.5) is 5.69 Å². The molecule has 1 aromatic heterocycles. The third-order valence-electron chi connectivity index (χ3n) is 8.31. The van der Waals surface area contributed by atoms with Crippen LogP contribution in [0, 0.1) is 23.7 Å². The van der Waals surface area contributed by atoms with Gasteiger partial charge in [0.1, 0.15) is 0 Å². The molecule has 0 radical (unpaired) electrons. The quantitative estimate of drug-likeness (QED) is 0.126. The van der Waals surface area contributed by atoms with Gasteiger partial charge in [0.15, 0.2) is 12.4 Å². The third kappa shape index (κ3) is 4.24. The Kier molecular flexibility index (Phi) is 6.05. The minimum Gasteiger partial charge on any atom is -0.454 e. The summed E-state index contributed by atoms with van der Waals surface area (Å²) in [7, 11) is 0. The van der Waals surface area contributed by atoms with Gasteiger partial charge in [0.25, 0.3) is 0 Å². The van der Waals surface area contributed by atoms with Crippen LogP contribution < -0.4 is 4.90 Å². The fraction of sp³-hybridized carbons (Fsp3) is 0.182. The van der Waals surface area contributed by atoms with Crippen LogP contribution in [0.3, 0.4) is 0 Å². The van der Waals surface area contributed by atoms with Crippen LogP contribution in [-0.4, -0.2) is 35.2 Å². The van der Waals surface area contributed by atoms with Crippen molar-refractivity contribution in [3.63, 3.8) is 0 Å². The number of hydrogen-bond donors (Lipinski definition) is 0. The topological polar surface area (TPSA) is 93.6 Å². The van der Waals surface area contributed by atoms with E-state index in [-0.39, 0.29) is 46.8 Å². The van der Waals surface area contributed by atoms with Crippen LogP contribution in [0.2, 0.25) is 5.02 Å². The molecule has 1 saturated carbocycles. The molecule has 3 aliphatic rings. The van der Waals surface area contributed by atoms with Crippen molar-refractivity contribution >= 4 is 51.8 Å². The van der Waals surface area contributed by atoms with E-state index in [1.54, 1.807) is 78.9 Å². The zero-order valence-corrected chi connectivity index (χ0v) is 22.5. The first kappa shape index (κ1) is 25.4. The molecule has 3 aromatic carbocycles. The Morgan fingerprint density at radius 2 is 1.56 bits per heavy atom. The van der Waals surface area contributed by atoms with Gasteiger partial charge in [0.2, 0.25) is 11.8 Å². The number of carbonyl (C=O) groups excluding carboxylic acids is 4. The van der Waals surface area contributed by atoms with Crippen LogP contribution in [0.5, 0.6) is 0 Å². The average Bonchev–Trinajstić information content (AvgIpc) is 3.69. The van der Waals surface area contributed by atoms with E-state index in [1.807, 2.05) is 0 Å². The summed E-state index contributed by atoms with van der Waals surface area (Å²) in [6, 6.07) is 22.2. The molecule has 2 fully saturated rings. The van der Waals surface area contributed by atoms with Crippen molar-refractivity contribution in [3.05, 3.63) is 107 Å². The van der Waals surface area contributed by atoms with Crippen LogP contribution in [-0.2, 0) is 14.3 Å². The Bertz CT molecular complexity index is 1750. The number of amides is 2. The Balaban J connectivity index is 1.17. The molecule has 1 saturated heterocycles. The highest BCUT2D eigenvalue weighted by Gasteiger charge is 2.59. The van der Waals surface area contributed by atoms with Gasteiger partial charge in [-0.2, -0.15) is 0 Å². The molecule has 0 spiro atoms. The van der Waals surface area contributed by atoms with Gasteiger partial charge >= 0.3 is 5.97 Å². The number of imide groups is 1. The van der Waals surface area contributed by atoms with Crippen LogP contribution in [0.25, 0.3) is 22.2 Å². The van der Waals surface area contributed by atoms with Crippen LogP contribution >= 0.6 is 11.6 Å². The number of pyridine rings is 1. The number of ketones is 1. The summed E-state index contributed by atoms with van der Waals surface area (Å²) in [6.07, 6.45) is 5.02. The predicted molar refractivity (Wildman–Crippen MR) is 153 cm³/mol. The Hall–Kier alpha value is -4.62. The first-order valence-corrected chi connectivity index (χ1v) is 13.8. The van der Waals surface area contributed by atoms with Gasteiger partial charge in [-0.05, 0) is 54.7 Å². The van der Waals surface area contributed by atoms with E-state index in [0.29, 0.717) is 38.4 Å². The summed E-state index contributed by atoms with van der Waals surface area (Å²) < 4.78 is 5.41. The Morgan fingerprint density at radius 3 is 2.24 bits per heavy atom. The maximum Gasteiger partial charge on any atom is 0.339 e. The lowest BCUT2D eigenvalue weighted by molar-refractivity contribution is -0.123. The number of aromatic nitrogens is 1. The first-order valence-electron chi connectivity index (χ1n) is 13.4. The highest BCUT2D eigenvalue weighted by Crippen LogP contribution is 2.53. The zero-order chi connectivity index (χ0) is 28.2. The van der Waals surface area contributed by atoms with Crippen LogP contribution in [0.15, 0.2) is 91.0 Å². The lowest BCUT2D eigenvalue weighted by Crippen LogP contribution is -2.32. The molecule has 202 valence electrons. The molecule has 4 unspecified atom stereocenters. The maximum atomic E-state index is 13.2. The molecule has 41 heavy (non-hydrogen) atoms. The van der Waals surface area contributed by atoms with Gasteiger partial charge in [0.05, 0.1) is 34.3 Å². The van der Waals surface area contributed by atoms with E-state index in [2.05, 4.69) is 12.2 Å².